The first kappa shape index (κ1) is 24.9. The predicted molar refractivity (Wildman–Crippen MR) is 132 cm³/mol. The fraction of sp³-hybridized carbons (Fsp3) is 0.375. The van der Waals surface area contributed by atoms with Crippen LogP contribution in [-0.2, 0) is 4.79 Å². The van der Waals surface area contributed by atoms with E-state index < -0.39 is 11.9 Å². The van der Waals surface area contributed by atoms with Crippen molar-refractivity contribution in [2.75, 3.05) is 18.4 Å². The van der Waals surface area contributed by atoms with Crippen molar-refractivity contribution in [1.29, 1.82) is 0 Å². The van der Waals surface area contributed by atoms with Crippen molar-refractivity contribution in [3.8, 4) is 5.75 Å². The van der Waals surface area contributed by atoms with Crippen molar-refractivity contribution in [2.24, 2.45) is 4.99 Å². The molecule has 0 aliphatic carbocycles. The first-order valence-corrected chi connectivity index (χ1v) is 11.8. The van der Waals surface area contributed by atoms with Crippen molar-refractivity contribution in [3.63, 3.8) is 0 Å². The molecule has 0 saturated carbocycles. The van der Waals surface area contributed by atoms with E-state index in [1.807, 2.05) is 13.0 Å². The quantitative estimate of drug-likeness (QED) is 0.434. The first-order chi connectivity index (χ1) is 15.9. The molecule has 1 heterocycles. The van der Waals surface area contributed by atoms with Crippen LogP contribution in [0.25, 0.3) is 0 Å². The summed E-state index contributed by atoms with van der Waals surface area (Å²) in [7, 11) is 0. The lowest BCUT2D eigenvalue weighted by Gasteiger charge is -2.19. The number of phenols is 1. The maximum Gasteiger partial charge on any atom is 0.251 e. The number of nitrogens with one attached hydrogen (secondary N) is 3. The van der Waals surface area contributed by atoms with Crippen molar-refractivity contribution in [1.82, 2.24) is 10.6 Å². The summed E-state index contributed by atoms with van der Waals surface area (Å²) in [6.45, 7) is 2.46. The van der Waals surface area contributed by atoms with Gasteiger partial charge in [0.15, 0.2) is 0 Å². The molecule has 2 aromatic carbocycles. The van der Waals surface area contributed by atoms with E-state index in [1.54, 1.807) is 24.3 Å². The van der Waals surface area contributed by atoms with Crippen LogP contribution in [-0.4, -0.2) is 35.8 Å². The van der Waals surface area contributed by atoms with Crippen molar-refractivity contribution in [2.45, 2.75) is 45.1 Å². The molecule has 7 nitrogen and oxygen atoms in total. The molecule has 2 amide bonds. The highest BCUT2D eigenvalue weighted by molar-refractivity contribution is 6.35. The zero-order valence-corrected chi connectivity index (χ0v) is 20.0. The van der Waals surface area contributed by atoms with Gasteiger partial charge >= 0.3 is 0 Å². The van der Waals surface area contributed by atoms with Crippen molar-refractivity contribution >= 4 is 46.5 Å². The van der Waals surface area contributed by atoms with Gasteiger partial charge in [0.2, 0.25) is 5.91 Å². The van der Waals surface area contributed by atoms with Crippen LogP contribution in [0.3, 0.4) is 0 Å². The highest BCUT2D eigenvalue weighted by Crippen LogP contribution is 2.35. The van der Waals surface area contributed by atoms with Crippen LogP contribution in [0.5, 0.6) is 5.75 Å². The van der Waals surface area contributed by atoms with Crippen LogP contribution in [0.15, 0.2) is 41.4 Å². The van der Waals surface area contributed by atoms with E-state index in [-0.39, 0.29) is 23.2 Å². The molecule has 1 unspecified atom stereocenters. The summed E-state index contributed by atoms with van der Waals surface area (Å²) >= 11 is 12.0. The Labute approximate surface area is 203 Å². The molecular weight excluding hydrogens is 463 g/mol. The van der Waals surface area contributed by atoms with E-state index in [9.17, 15) is 14.7 Å². The summed E-state index contributed by atoms with van der Waals surface area (Å²) < 4.78 is 0. The van der Waals surface area contributed by atoms with Gasteiger partial charge in [-0.1, -0.05) is 42.6 Å². The molecule has 1 aliphatic heterocycles. The minimum absolute atomic E-state index is 0.113. The van der Waals surface area contributed by atoms with Gasteiger partial charge in [-0.3, -0.25) is 14.6 Å². The number of carbonyl (C=O) groups excluding carboxylic acids is 2. The number of amides is 2. The summed E-state index contributed by atoms with van der Waals surface area (Å²) in [5, 5.41) is 19.4. The normalized spacial score (nSPS) is 14.6. The number of hydrogen-bond donors (Lipinski definition) is 4. The molecule has 0 fully saturated rings. The Bertz CT molecular complexity index is 1040. The van der Waals surface area contributed by atoms with Gasteiger partial charge in [-0.15, -0.1) is 0 Å². The van der Waals surface area contributed by atoms with E-state index in [2.05, 4.69) is 20.9 Å². The molecule has 0 radical (unpaired) electrons. The maximum atomic E-state index is 12.6. The Balaban J connectivity index is 1.58. The molecule has 9 heteroatoms. The van der Waals surface area contributed by atoms with E-state index >= 15 is 0 Å². The third kappa shape index (κ3) is 7.11. The van der Waals surface area contributed by atoms with Crippen molar-refractivity contribution in [3.05, 3.63) is 57.6 Å². The molecule has 176 valence electrons. The minimum Gasteiger partial charge on any atom is -0.506 e. The Kier molecular flexibility index (Phi) is 8.97. The zero-order valence-electron chi connectivity index (χ0n) is 18.5. The number of rotatable bonds is 7. The lowest BCUT2D eigenvalue weighted by Crippen LogP contribution is -2.38. The van der Waals surface area contributed by atoms with Crippen molar-refractivity contribution < 1.29 is 14.7 Å². The number of aromatic hydroxyl groups is 1. The Hall–Kier alpha value is -2.77. The summed E-state index contributed by atoms with van der Waals surface area (Å²) in [5.41, 5.74) is 1.65. The Morgan fingerprint density at radius 3 is 2.76 bits per heavy atom. The van der Waals surface area contributed by atoms with Gasteiger partial charge in [0, 0.05) is 34.8 Å². The summed E-state index contributed by atoms with van der Waals surface area (Å²) in [5.74, 6) is 0.0466. The van der Waals surface area contributed by atoms with Gasteiger partial charge in [0.25, 0.3) is 5.91 Å². The third-order valence-electron chi connectivity index (χ3n) is 5.37. The van der Waals surface area contributed by atoms with Gasteiger partial charge in [0.1, 0.15) is 11.6 Å². The van der Waals surface area contributed by atoms with Crippen LogP contribution >= 0.6 is 23.2 Å². The SMILES string of the molecule is CCC(NC(=O)CNC(=O)c1cccc(NC2=NCCCCC2)c1)c1cc(Cl)cc(Cl)c1O. The monoisotopic (exact) mass is 490 g/mol. The predicted octanol–water partition coefficient (Wildman–Crippen LogP) is 5.08. The maximum absolute atomic E-state index is 12.6. The topological polar surface area (TPSA) is 103 Å². The van der Waals surface area contributed by atoms with E-state index in [0.29, 0.717) is 22.6 Å². The molecule has 2 aromatic rings. The number of amidine groups is 1. The summed E-state index contributed by atoms with van der Waals surface area (Å²) in [6.07, 6.45) is 4.75. The number of benzene rings is 2. The number of carbonyl (C=O) groups is 2. The average molecular weight is 491 g/mol. The van der Waals surface area contributed by atoms with E-state index in [0.717, 1.165) is 37.3 Å². The molecule has 1 aliphatic rings. The van der Waals surface area contributed by atoms with Crippen LogP contribution in [0.1, 0.15) is 61.0 Å². The first-order valence-electron chi connectivity index (χ1n) is 11.0. The molecule has 0 bridgehead atoms. The molecule has 0 aromatic heterocycles. The molecule has 3 rings (SSSR count). The van der Waals surface area contributed by atoms with Crippen LogP contribution in [0, 0.1) is 0 Å². The standard InChI is InChI=1S/C24H28Cl2N4O3/c1-2-20(18-12-16(25)13-19(26)23(18)32)30-22(31)14-28-24(33)15-7-6-8-17(11-15)29-21-9-4-3-5-10-27-21/h6-8,11-13,20,32H,2-5,9-10,14H2,1H3,(H,27,29)(H,28,33)(H,30,31). The number of phenolic OH excluding ortho intramolecular Hbond substituents is 1. The number of halogens is 2. The molecule has 1 atom stereocenters. The molecule has 0 saturated heterocycles. The second kappa shape index (κ2) is 11.9. The van der Waals surface area contributed by atoms with Gasteiger partial charge in [0.05, 0.1) is 17.6 Å². The van der Waals surface area contributed by atoms with Crippen LogP contribution in [0.4, 0.5) is 5.69 Å². The second-order valence-corrected chi connectivity index (χ2v) is 8.72. The van der Waals surface area contributed by atoms with Gasteiger partial charge in [-0.2, -0.15) is 0 Å². The fourth-order valence-electron chi connectivity index (χ4n) is 3.64. The molecule has 4 N–H and O–H groups in total. The third-order valence-corrected chi connectivity index (χ3v) is 5.88. The van der Waals surface area contributed by atoms with E-state index in [1.165, 1.54) is 12.5 Å². The lowest BCUT2D eigenvalue weighted by molar-refractivity contribution is -0.120. The lowest BCUT2D eigenvalue weighted by atomic mass is 10.0. The minimum atomic E-state index is -0.501. The zero-order chi connectivity index (χ0) is 23.8. The van der Waals surface area contributed by atoms with E-state index in [4.69, 9.17) is 23.2 Å². The smallest absolute Gasteiger partial charge is 0.251 e. The Morgan fingerprint density at radius 2 is 1.97 bits per heavy atom. The number of nitrogens with zero attached hydrogens (tertiary/aromatic N) is 1. The Morgan fingerprint density at radius 1 is 1.15 bits per heavy atom. The number of aliphatic imine (C=N–C) groups is 1. The van der Waals surface area contributed by atoms with Crippen LogP contribution in [0.2, 0.25) is 10.0 Å². The van der Waals surface area contributed by atoms with Gasteiger partial charge in [-0.25, -0.2) is 0 Å². The average Bonchev–Trinajstić information content (AvgIpc) is 3.07. The fourth-order valence-corrected chi connectivity index (χ4v) is 4.15. The largest absolute Gasteiger partial charge is 0.506 e. The van der Waals surface area contributed by atoms with Crippen LogP contribution < -0.4 is 16.0 Å². The molecule has 0 spiro atoms. The number of hydrogen-bond acceptors (Lipinski definition) is 5. The van der Waals surface area contributed by atoms with Gasteiger partial charge < -0.3 is 21.1 Å². The highest BCUT2D eigenvalue weighted by Gasteiger charge is 2.19. The summed E-state index contributed by atoms with van der Waals surface area (Å²) in [6, 6.07) is 9.59. The van der Waals surface area contributed by atoms with Gasteiger partial charge in [-0.05, 0) is 49.6 Å². The highest BCUT2D eigenvalue weighted by atomic mass is 35.5. The summed E-state index contributed by atoms with van der Waals surface area (Å²) in [4.78, 5) is 29.6. The second-order valence-electron chi connectivity index (χ2n) is 7.88. The molecular formula is C24H28Cl2N4O3. The molecule has 33 heavy (non-hydrogen) atoms. The number of anilines is 1.